The lowest BCUT2D eigenvalue weighted by molar-refractivity contribution is -0.117. The van der Waals surface area contributed by atoms with Crippen molar-refractivity contribution in [3.8, 4) is 11.5 Å². The van der Waals surface area contributed by atoms with Gasteiger partial charge in [0.15, 0.2) is 0 Å². The van der Waals surface area contributed by atoms with E-state index in [1.165, 1.54) is 5.56 Å². The Kier molecular flexibility index (Phi) is 5.25. The minimum Gasteiger partial charge on any atom is -0.497 e. The molecule has 1 aliphatic carbocycles. The van der Waals surface area contributed by atoms with Gasteiger partial charge in [-0.25, -0.2) is 0 Å². The molecule has 1 atom stereocenters. The maximum Gasteiger partial charge on any atom is 0.228 e. The Bertz CT molecular complexity index is 1040. The van der Waals surface area contributed by atoms with Crippen LogP contribution >= 0.6 is 0 Å². The highest BCUT2D eigenvalue weighted by atomic mass is 16.5. The quantitative estimate of drug-likeness (QED) is 0.612. The smallest absolute Gasteiger partial charge is 0.228 e. The summed E-state index contributed by atoms with van der Waals surface area (Å²) in [6, 6.07) is 22.0. The second-order valence-electron chi connectivity index (χ2n) is 7.98. The van der Waals surface area contributed by atoms with Crippen LogP contribution in [-0.4, -0.2) is 20.1 Å². The van der Waals surface area contributed by atoms with Gasteiger partial charge in [-0.3, -0.25) is 4.79 Å². The van der Waals surface area contributed by atoms with Gasteiger partial charge in [-0.05, 0) is 78.9 Å². The number of anilines is 1. The second-order valence-corrected chi connectivity index (χ2v) is 7.98. The molecule has 30 heavy (non-hydrogen) atoms. The summed E-state index contributed by atoms with van der Waals surface area (Å²) in [6.07, 6.45) is 0.740. The molecule has 1 amide bonds. The molecule has 1 unspecified atom stereocenters. The number of hydrogen-bond acceptors (Lipinski definition) is 3. The molecule has 0 radical (unpaired) electrons. The van der Waals surface area contributed by atoms with Gasteiger partial charge in [-0.15, -0.1) is 0 Å². The van der Waals surface area contributed by atoms with Crippen molar-refractivity contribution in [1.82, 2.24) is 0 Å². The number of benzene rings is 3. The molecule has 1 saturated carbocycles. The van der Waals surface area contributed by atoms with Crippen molar-refractivity contribution in [2.45, 2.75) is 25.7 Å². The minimum atomic E-state index is -0.396. The summed E-state index contributed by atoms with van der Waals surface area (Å²) in [5.41, 5.74) is 4.97. The summed E-state index contributed by atoms with van der Waals surface area (Å²) >= 11 is 0. The topological polar surface area (TPSA) is 47.6 Å². The summed E-state index contributed by atoms with van der Waals surface area (Å²) in [4.78, 5) is 13.3. The molecule has 3 aromatic rings. The Morgan fingerprint density at radius 2 is 1.47 bits per heavy atom. The Hall–Kier alpha value is -3.27. The van der Waals surface area contributed by atoms with Gasteiger partial charge in [-0.1, -0.05) is 30.3 Å². The molecule has 4 heteroatoms. The van der Waals surface area contributed by atoms with Crippen LogP contribution in [-0.2, 0) is 10.2 Å². The Morgan fingerprint density at radius 1 is 0.867 bits per heavy atom. The third-order valence-electron chi connectivity index (χ3n) is 6.22. The molecule has 0 heterocycles. The molecule has 0 aliphatic heterocycles. The van der Waals surface area contributed by atoms with Crippen LogP contribution in [0.1, 0.15) is 28.7 Å². The standard InChI is InChI=1S/C26H27NO3/c1-17-11-12-21(13-18(17)2)27-25(28)24-16-26(24,19-7-5-9-22(14-19)29-3)20-8-6-10-23(15-20)30-4/h5-15,24H,16H2,1-4H3,(H,27,28). The zero-order chi connectivity index (χ0) is 21.3. The number of rotatable bonds is 6. The minimum absolute atomic E-state index is 0.0314. The summed E-state index contributed by atoms with van der Waals surface area (Å²) in [6.45, 7) is 4.12. The molecule has 0 saturated heterocycles. The maximum absolute atomic E-state index is 13.3. The van der Waals surface area contributed by atoms with Gasteiger partial charge >= 0.3 is 0 Å². The summed E-state index contributed by atoms with van der Waals surface area (Å²) in [7, 11) is 3.32. The first-order valence-electron chi connectivity index (χ1n) is 10.1. The molecule has 0 spiro atoms. The molecule has 4 nitrogen and oxygen atoms in total. The van der Waals surface area contributed by atoms with E-state index in [-0.39, 0.29) is 11.8 Å². The fraction of sp³-hybridized carbons (Fsp3) is 0.269. The van der Waals surface area contributed by atoms with Gasteiger partial charge in [0.2, 0.25) is 5.91 Å². The lowest BCUT2D eigenvalue weighted by Gasteiger charge is -2.20. The number of carbonyl (C=O) groups excluding carboxylic acids is 1. The van der Waals surface area contributed by atoms with Crippen LogP contribution in [0.3, 0.4) is 0 Å². The molecule has 1 aliphatic rings. The van der Waals surface area contributed by atoms with Crippen molar-refractivity contribution in [2.24, 2.45) is 5.92 Å². The fourth-order valence-electron chi connectivity index (χ4n) is 4.23. The van der Waals surface area contributed by atoms with E-state index in [9.17, 15) is 4.79 Å². The molecule has 154 valence electrons. The summed E-state index contributed by atoms with van der Waals surface area (Å²) in [5, 5.41) is 3.12. The molecule has 3 aromatic carbocycles. The van der Waals surface area contributed by atoms with Crippen molar-refractivity contribution in [3.05, 3.63) is 89.0 Å². The zero-order valence-corrected chi connectivity index (χ0v) is 17.9. The van der Waals surface area contributed by atoms with E-state index in [1.54, 1.807) is 14.2 Å². The normalized spacial score (nSPS) is 16.6. The van der Waals surface area contributed by atoms with E-state index in [0.29, 0.717) is 0 Å². The SMILES string of the molecule is COc1cccc(C2(c3cccc(OC)c3)CC2C(=O)Nc2ccc(C)c(C)c2)c1. The number of carbonyl (C=O) groups is 1. The molecule has 0 bridgehead atoms. The number of hydrogen-bond donors (Lipinski definition) is 1. The van der Waals surface area contributed by atoms with Gasteiger partial charge in [0.05, 0.1) is 20.1 Å². The van der Waals surface area contributed by atoms with Crippen molar-refractivity contribution in [3.63, 3.8) is 0 Å². The Balaban J connectivity index is 1.70. The number of methoxy groups -OCH3 is 2. The van der Waals surface area contributed by atoms with Gasteiger partial charge in [0.25, 0.3) is 0 Å². The van der Waals surface area contributed by atoms with Crippen molar-refractivity contribution >= 4 is 11.6 Å². The van der Waals surface area contributed by atoms with E-state index >= 15 is 0 Å². The van der Waals surface area contributed by atoms with Crippen LogP contribution in [0.2, 0.25) is 0 Å². The van der Waals surface area contributed by atoms with Crippen LogP contribution in [0.5, 0.6) is 11.5 Å². The number of nitrogens with one attached hydrogen (secondary N) is 1. The van der Waals surface area contributed by atoms with Gasteiger partial charge in [-0.2, -0.15) is 0 Å². The average Bonchev–Trinajstić information content (AvgIpc) is 3.54. The summed E-state index contributed by atoms with van der Waals surface area (Å²) < 4.78 is 10.9. The van der Waals surface area contributed by atoms with Crippen LogP contribution < -0.4 is 14.8 Å². The number of amides is 1. The van der Waals surface area contributed by atoms with Gasteiger partial charge < -0.3 is 14.8 Å². The first kappa shape index (κ1) is 20.0. The van der Waals surface area contributed by atoms with Gasteiger partial charge in [0, 0.05) is 11.1 Å². The monoisotopic (exact) mass is 401 g/mol. The van der Waals surface area contributed by atoms with E-state index in [2.05, 4.69) is 31.3 Å². The molecular weight excluding hydrogens is 374 g/mol. The lowest BCUT2D eigenvalue weighted by atomic mass is 9.85. The molecular formula is C26H27NO3. The molecule has 1 N–H and O–H groups in total. The third kappa shape index (κ3) is 3.54. The Morgan fingerprint density at radius 3 is 2.00 bits per heavy atom. The molecule has 1 fully saturated rings. The van der Waals surface area contributed by atoms with Crippen molar-refractivity contribution in [1.29, 1.82) is 0 Å². The van der Waals surface area contributed by atoms with Crippen molar-refractivity contribution in [2.75, 3.05) is 19.5 Å². The second kappa shape index (κ2) is 7.86. The van der Waals surface area contributed by atoms with E-state index in [0.717, 1.165) is 40.3 Å². The van der Waals surface area contributed by atoms with E-state index in [4.69, 9.17) is 9.47 Å². The predicted molar refractivity (Wildman–Crippen MR) is 119 cm³/mol. The highest BCUT2D eigenvalue weighted by Crippen LogP contribution is 2.60. The highest BCUT2D eigenvalue weighted by molar-refractivity contribution is 5.97. The summed E-state index contributed by atoms with van der Waals surface area (Å²) in [5.74, 6) is 1.44. The van der Waals surface area contributed by atoms with Crippen LogP contribution in [0, 0.1) is 19.8 Å². The third-order valence-corrected chi connectivity index (χ3v) is 6.22. The van der Waals surface area contributed by atoms with E-state index in [1.807, 2.05) is 54.6 Å². The molecule has 4 rings (SSSR count). The Labute approximate surface area is 177 Å². The zero-order valence-electron chi connectivity index (χ0n) is 17.9. The lowest BCUT2D eigenvalue weighted by Crippen LogP contribution is -2.22. The number of ether oxygens (including phenoxy) is 2. The fourth-order valence-corrected chi connectivity index (χ4v) is 4.23. The van der Waals surface area contributed by atoms with E-state index < -0.39 is 5.41 Å². The van der Waals surface area contributed by atoms with Crippen LogP contribution in [0.4, 0.5) is 5.69 Å². The predicted octanol–water partition coefficient (Wildman–Crippen LogP) is 5.27. The van der Waals surface area contributed by atoms with Gasteiger partial charge in [0.1, 0.15) is 11.5 Å². The highest BCUT2D eigenvalue weighted by Gasteiger charge is 2.60. The van der Waals surface area contributed by atoms with Crippen molar-refractivity contribution < 1.29 is 14.3 Å². The first-order chi connectivity index (χ1) is 14.5. The largest absolute Gasteiger partial charge is 0.497 e. The first-order valence-corrected chi connectivity index (χ1v) is 10.1. The average molecular weight is 402 g/mol. The van der Waals surface area contributed by atoms with Crippen LogP contribution in [0.25, 0.3) is 0 Å². The number of aryl methyl sites for hydroxylation is 2. The van der Waals surface area contributed by atoms with Crippen LogP contribution in [0.15, 0.2) is 66.7 Å². The molecule has 0 aromatic heterocycles. The maximum atomic E-state index is 13.3.